The van der Waals surface area contributed by atoms with Gasteiger partial charge < -0.3 is 14.8 Å². The molecule has 4 aromatic heterocycles. The Labute approximate surface area is 168 Å². The number of ether oxygens (including phenoxy) is 2. The Bertz CT molecular complexity index is 1140. The zero-order chi connectivity index (χ0) is 19.8. The molecule has 0 aromatic carbocycles. The number of rotatable bonds is 5. The predicted octanol–water partition coefficient (Wildman–Crippen LogP) is 3.42. The second kappa shape index (κ2) is 7.36. The number of nitrogens with zero attached hydrogens (tertiary/aromatic N) is 5. The fourth-order valence-corrected chi connectivity index (χ4v) is 4.14. The molecule has 0 unspecified atom stereocenters. The third kappa shape index (κ3) is 3.29. The van der Waals surface area contributed by atoms with Crippen LogP contribution in [0.5, 0.6) is 5.88 Å². The molecule has 8 nitrogen and oxygen atoms in total. The molecule has 1 saturated carbocycles. The average Bonchev–Trinajstić information content (AvgIpc) is 3.40. The van der Waals surface area contributed by atoms with Crippen molar-refractivity contribution in [2.24, 2.45) is 0 Å². The van der Waals surface area contributed by atoms with Crippen molar-refractivity contribution < 1.29 is 9.47 Å². The van der Waals surface area contributed by atoms with Crippen LogP contribution in [0.4, 0.5) is 5.95 Å². The monoisotopic (exact) mass is 392 g/mol. The Kier molecular flexibility index (Phi) is 4.55. The van der Waals surface area contributed by atoms with Crippen molar-refractivity contribution in [2.75, 3.05) is 19.5 Å². The maximum Gasteiger partial charge on any atom is 0.244 e. The van der Waals surface area contributed by atoms with E-state index >= 15 is 0 Å². The number of pyridine rings is 1. The molecule has 5 rings (SSSR count). The summed E-state index contributed by atoms with van der Waals surface area (Å²) in [5.74, 6) is 1.14. The topological polar surface area (TPSA) is 78.0 Å². The zero-order valence-corrected chi connectivity index (χ0v) is 16.6. The number of aromatic nitrogens is 5. The SMILES string of the molecule is COc1nc(N[C@H]2CC[C@@H](OC)CC2)nn2ccc(-c3ccn4nccc4c3)c12. The minimum absolute atomic E-state index is 0.350. The third-order valence-corrected chi connectivity index (χ3v) is 5.72. The lowest BCUT2D eigenvalue weighted by atomic mass is 9.93. The molecule has 1 fully saturated rings. The summed E-state index contributed by atoms with van der Waals surface area (Å²) in [5, 5.41) is 12.4. The minimum atomic E-state index is 0.350. The highest BCUT2D eigenvalue weighted by molar-refractivity contribution is 5.85. The van der Waals surface area contributed by atoms with E-state index in [-0.39, 0.29) is 0 Å². The summed E-state index contributed by atoms with van der Waals surface area (Å²) >= 11 is 0. The van der Waals surface area contributed by atoms with Crippen LogP contribution in [-0.2, 0) is 4.74 Å². The Hall–Kier alpha value is -3.13. The Morgan fingerprint density at radius 3 is 2.66 bits per heavy atom. The lowest BCUT2D eigenvalue weighted by Crippen LogP contribution is -2.30. The molecule has 1 aliphatic carbocycles. The molecular weight excluding hydrogens is 368 g/mol. The number of hydrogen-bond donors (Lipinski definition) is 1. The minimum Gasteiger partial charge on any atom is -0.479 e. The molecule has 1 aliphatic rings. The van der Waals surface area contributed by atoms with E-state index in [2.05, 4.69) is 26.6 Å². The van der Waals surface area contributed by atoms with E-state index in [9.17, 15) is 0 Å². The number of hydrogen-bond acceptors (Lipinski definition) is 6. The maximum atomic E-state index is 5.64. The van der Waals surface area contributed by atoms with Gasteiger partial charge in [0.05, 0.1) is 18.7 Å². The van der Waals surface area contributed by atoms with Gasteiger partial charge in [-0.1, -0.05) is 0 Å². The van der Waals surface area contributed by atoms with Crippen molar-refractivity contribution in [3.63, 3.8) is 0 Å². The molecule has 0 saturated heterocycles. The molecule has 0 spiro atoms. The highest BCUT2D eigenvalue weighted by atomic mass is 16.5. The van der Waals surface area contributed by atoms with E-state index in [1.165, 1.54) is 0 Å². The van der Waals surface area contributed by atoms with Crippen LogP contribution in [0, 0.1) is 0 Å². The Morgan fingerprint density at radius 1 is 1.03 bits per heavy atom. The second-order valence-electron chi connectivity index (χ2n) is 7.44. The number of nitrogens with one attached hydrogen (secondary N) is 1. The van der Waals surface area contributed by atoms with Crippen molar-refractivity contribution in [3.05, 3.63) is 42.9 Å². The van der Waals surface area contributed by atoms with Gasteiger partial charge in [0.25, 0.3) is 0 Å². The largest absolute Gasteiger partial charge is 0.479 e. The molecule has 150 valence electrons. The summed E-state index contributed by atoms with van der Waals surface area (Å²) in [6, 6.07) is 8.51. The van der Waals surface area contributed by atoms with Crippen LogP contribution in [0.25, 0.3) is 22.2 Å². The summed E-state index contributed by atoms with van der Waals surface area (Å²) < 4.78 is 14.8. The van der Waals surface area contributed by atoms with Gasteiger partial charge in [-0.3, -0.25) is 0 Å². The van der Waals surface area contributed by atoms with Crippen LogP contribution < -0.4 is 10.1 Å². The molecule has 0 amide bonds. The van der Waals surface area contributed by atoms with Crippen LogP contribution in [0.2, 0.25) is 0 Å². The molecule has 0 bridgehead atoms. The Morgan fingerprint density at radius 2 is 1.86 bits per heavy atom. The molecule has 29 heavy (non-hydrogen) atoms. The molecule has 0 atom stereocenters. The van der Waals surface area contributed by atoms with Crippen molar-refractivity contribution >= 4 is 17.0 Å². The molecule has 8 heteroatoms. The molecular formula is C21H24N6O2. The summed E-state index contributed by atoms with van der Waals surface area (Å²) in [4.78, 5) is 4.65. The molecule has 4 aromatic rings. The summed E-state index contributed by atoms with van der Waals surface area (Å²) in [6.07, 6.45) is 10.3. The molecule has 0 radical (unpaired) electrons. The summed E-state index contributed by atoms with van der Waals surface area (Å²) in [7, 11) is 3.43. The van der Waals surface area contributed by atoms with E-state index in [1.807, 2.05) is 39.6 Å². The number of anilines is 1. The van der Waals surface area contributed by atoms with Crippen LogP contribution >= 0.6 is 0 Å². The van der Waals surface area contributed by atoms with Crippen LogP contribution in [0.15, 0.2) is 42.9 Å². The van der Waals surface area contributed by atoms with Gasteiger partial charge in [0.1, 0.15) is 5.52 Å². The fourth-order valence-electron chi connectivity index (χ4n) is 4.14. The van der Waals surface area contributed by atoms with Gasteiger partial charge in [0, 0.05) is 37.3 Å². The van der Waals surface area contributed by atoms with Crippen molar-refractivity contribution in [3.8, 4) is 17.0 Å². The summed E-state index contributed by atoms with van der Waals surface area (Å²) in [5.41, 5.74) is 3.98. The van der Waals surface area contributed by atoms with Crippen LogP contribution in [0.1, 0.15) is 25.7 Å². The van der Waals surface area contributed by atoms with E-state index in [0.29, 0.717) is 24.0 Å². The van der Waals surface area contributed by atoms with Crippen LogP contribution in [-0.4, -0.2) is 50.6 Å². The third-order valence-electron chi connectivity index (χ3n) is 5.72. The van der Waals surface area contributed by atoms with Gasteiger partial charge in [-0.05, 0) is 55.5 Å². The lowest BCUT2D eigenvalue weighted by molar-refractivity contribution is 0.0681. The first-order chi connectivity index (χ1) is 14.2. The number of methoxy groups -OCH3 is 2. The molecule has 4 heterocycles. The van der Waals surface area contributed by atoms with Gasteiger partial charge in [0.15, 0.2) is 0 Å². The quantitative estimate of drug-likeness (QED) is 0.561. The highest BCUT2D eigenvalue weighted by Gasteiger charge is 2.22. The van der Waals surface area contributed by atoms with E-state index < -0.39 is 0 Å². The predicted molar refractivity (Wildman–Crippen MR) is 110 cm³/mol. The highest BCUT2D eigenvalue weighted by Crippen LogP contribution is 2.32. The smallest absolute Gasteiger partial charge is 0.244 e. The van der Waals surface area contributed by atoms with Crippen molar-refractivity contribution in [1.82, 2.24) is 24.2 Å². The normalized spacial score (nSPS) is 19.7. The second-order valence-corrected chi connectivity index (χ2v) is 7.44. The van der Waals surface area contributed by atoms with Gasteiger partial charge in [-0.25, -0.2) is 9.03 Å². The van der Waals surface area contributed by atoms with E-state index in [4.69, 9.17) is 9.47 Å². The first-order valence-electron chi connectivity index (χ1n) is 9.91. The first kappa shape index (κ1) is 17.9. The molecule has 0 aliphatic heterocycles. The number of fused-ring (bicyclic) bond motifs is 2. The van der Waals surface area contributed by atoms with Gasteiger partial charge in [-0.15, -0.1) is 5.10 Å². The Balaban J connectivity index is 1.47. The van der Waals surface area contributed by atoms with E-state index in [0.717, 1.165) is 47.8 Å². The van der Waals surface area contributed by atoms with E-state index in [1.54, 1.807) is 20.4 Å². The standard InChI is InChI=1S/C21H24N6O2/c1-28-17-5-3-15(4-6-17)23-21-24-20(29-2)19-18(9-12-27(19)25-21)14-8-11-26-16(13-14)7-10-22-26/h7-13,15,17H,3-6H2,1-2H3,(H,23,25)/t15-,17+. The average molecular weight is 392 g/mol. The van der Waals surface area contributed by atoms with Crippen molar-refractivity contribution in [1.29, 1.82) is 0 Å². The zero-order valence-electron chi connectivity index (χ0n) is 16.6. The summed E-state index contributed by atoms with van der Waals surface area (Å²) in [6.45, 7) is 0. The lowest BCUT2D eigenvalue weighted by Gasteiger charge is -2.28. The van der Waals surface area contributed by atoms with Gasteiger partial charge in [0.2, 0.25) is 11.8 Å². The van der Waals surface area contributed by atoms with Crippen molar-refractivity contribution in [2.45, 2.75) is 37.8 Å². The first-order valence-corrected chi connectivity index (χ1v) is 9.91. The van der Waals surface area contributed by atoms with Gasteiger partial charge >= 0.3 is 0 Å². The van der Waals surface area contributed by atoms with Gasteiger partial charge in [-0.2, -0.15) is 10.1 Å². The maximum absolute atomic E-state index is 5.64. The fraction of sp³-hybridized carbons (Fsp3) is 0.381. The molecule has 1 N–H and O–H groups in total. The van der Waals surface area contributed by atoms with Crippen LogP contribution in [0.3, 0.4) is 0 Å².